The van der Waals surface area contributed by atoms with Gasteiger partial charge in [-0.1, -0.05) is 20.3 Å². The lowest BCUT2D eigenvalue weighted by Gasteiger charge is -2.37. The number of piperazine rings is 1. The Morgan fingerprint density at radius 3 is 2.65 bits per heavy atom. The summed E-state index contributed by atoms with van der Waals surface area (Å²) in [5.74, 6) is 0.656. The van der Waals surface area contributed by atoms with Crippen molar-refractivity contribution >= 4 is 6.03 Å². The first-order valence-corrected chi connectivity index (χ1v) is 7.85. The highest BCUT2D eigenvalue weighted by atomic mass is 16.2. The maximum atomic E-state index is 11.9. The molecule has 2 amide bonds. The predicted octanol–water partition coefficient (Wildman–Crippen LogP) is 1.36. The summed E-state index contributed by atoms with van der Waals surface area (Å²) in [6.07, 6.45) is 2.20. The lowest BCUT2D eigenvalue weighted by molar-refractivity contribution is 0.114. The van der Waals surface area contributed by atoms with Gasteiger partial charge >= 0.3 is 6.03 Å². The Morgan fingerprint density at radius 2 is 2.00 bits per heavy atom. The van der Waals surface area contributed by atoms with E-state index in [2.05, 4.69) is 55.3 Å². The Bertz CT molecular complexity index is 298. The van der Waals surface area contributed by atoms with E-state index in [1.165, 1.54) is 0 Å². The quantitative estimate of drug-likeness (QED) is 0.774. The normalized spacial score (nSPS) is 24.1. The number of carbonyl (C=O) groups is 1. The lowest BCUT2D eigenvalue weighted by Crippen LogP contribution is -2.55. The molecule has 1 heterocycles. The van der Waals surface area contributed by atoms with Crippen LogP contribution in [0, 0.1) is 5.92 Å². The molecular weight excluding hydrogens is 252 g/mol. The molecule has 0 aromatic carbocycles. The van der Waals surface area contributed by atoms with Crippen molar-refractivity contribution in [2.45, 2.75) is 45.7 Å². The highest BCUT2D eigenvalue weighted by Gasteiger charge is 2.22. The molecule has 0 bridgehead atoms. The fourth-order valence-electron chi connectivity index (χ4n) is 2.64. The van der Waals surface area contributed by atoms with Gasteiger partial charge in [0.1, 0.15) is 0 Å². The van der Waals surface area contributed by atoms with Crippen LogP contribution in [0.3, 0.4) is 0 Å². The van der Waals surface area contributed by atoms with Crippen molar-refractivity contribution in [3.63, 3.8) is 0 Å². The second-order valence-corrected chi connectivity index (χ2v) is 6.40. The molecule has 0 aromatic heterocycles. The van der Waals surface area contributed by atoms with E-state index in [1.807, 2.05) is 0 Å². The number of hydrogen-bond donors (Lipinski definition) is 2. The zero-order valence-corrected chi connectivity index (χ0v) is 13.8. The zero-order chi connectivity index (χ0) is 15.1. The molecule has 20 heavy (non-hydrogen) atoms. The van der Waals surface area contributed by atoms with Gasteiger partial charge in [0.2, 0.25) is 0 Å². The van der Waals surface area contributed by atoms with Gasteiger partial charge in [-0.25, -0.2) is 4.79 Å². The number of likely N-dealkylation sites (N-methyl/N-ethyl adjacent to an activating group) is 2. The minimum absolute atomic E-state index is 0.0394. The summed E-state index contributed by atoms with van der Waals surface area (Å²) in [4.78, 5) is 16.5. The van der Waals surface area contributed by atoms with Gasteiger partial charge in [0.25, 0.3) is 0 Å². The van der Waals surface area contributed by atoms with E-state index in [9.17, 15) is 4.79 Å². The van der Waals surface area contributed by atoms with Crippen LogP contribution in [-0.2, 0) is 0 Å². The molecule has 0 aromatic rings. The fraction of sp³-hybridized carbons (Fsp3) is 0.933. The van der Waals surface area contributed by atoms with Crippen LogP contribution in [0.2, 0.25) is 0 Å². The number of urea groups is 1. The molecule has 118 valence electrons. The average Bonchev–Trinajstić information content (AvgIpc) is 2.39. The molecule has 0 saturated carbocycles. The number of amides is 2. The van der Waals surface area contributed by atoms with Gasteiger partial charge in [-0.2, -0.15) is 0 Å². The molecule has 1 fully saturated rings. The van der Waals surface area contributed by atoms with E-state index in [0.717, 1.165) is 32.5 Å². The molecule has 5 heteroatoms. The monoisotopic (exact) mass is 284 g/mol. The molecule has 2 N–H and O–H groups in total. The summed E-state index contributed by atoms with van der Waals surface area (Å²) in [7, 11) is 4.26. The summed E-state index contributed by atoms with van der Waals surface area (Å²) < 4.78 is 0. The second kappa shape index (κ2) is 8.47. The highest BCUT2D eigenvalue weighted by molar-refractivity contribution is 5.74. The number of carbonyl (C=O) groups excluding carboxylic acids is 1. The number of nitrogens with one attached hydrogen (secondary N) is 2. The minimum atomic E-state index is -0.0394. The van der Waals surface area contributed by atoms with E-state index >= 15 is 0 Å². The van der Waals surface area contributed by atoms with Crippen molar-refractivity contribution in [3.05, 3.63) is 0 Å². The van der Waals surface area contributed by atoms with Crippen molar-refractivity contribution in [1.29, 1.82) is 0 Å². The Labute approximate surface area is 124 Å². The van der Waals surface area contributed by atoms with Crippen LogP contribution in [0.15, 0.2) is 0 Å². The van der Waals surface area contributed by atoms with Gasteiger partial charge in [0.05, 0.1) is 0 Å². The van der Waals surface area contributed by atoms with Crippen molar-refractivity contribution in [1.82, 2.24) is 20.4 Å². The third-order valence-electron chi connectivity index (χ3n) is 4.31. The van der Waals surface area contributed by atoms with Crippen LogP contribution in [0.5, 0.6) is 0 Å². The first-order valence-electron chi connectivity index (χ1n) is 7.85. The van der Waals surface area contributed by atoms with Gasteiger partial charge in [0, 0.05) is 38.3 Å². The molecule has 0 radical (unpaired) electrons. The van der Waals surface area contributed by atoms with E-state index in [-0.39, 0.29) is 12.1 Å². The summed E-state index contributed by atoms with van der Waals surface area (Å²) in [6, 6.07) is 0.600. The largest absolute Gasteiger partial charge is 0.337 e. The molecule has 5 nitrogen and oxygen atoms in total. The van der Waals surface area contributed by atoms with Crippen molar-refractivity contribution < 1.29 is 4.79 Å². The first-order chi connectivity index (χ1) is 9.42. The van der Waals surface area contributed by atoms with Crippen molar-refractivity contribution in [2.24, 2.45) is 5.92 Å². The Kier molecular flexibility index (Phi) is 7.30. The molecule has 0 aliphatic carbocycles. The molecule has 0 spiro atoms. The molecule has 1 aliphatic rings. The Hall–Kier alpha value is -0.810. The molecule has 1 saturated heterocycles. The Morgan fingerprint density at radius 1 is 1.30 bits per heavy atom. The maximum Gasteiger partial charge on any atom is 0.315 e. The molecule has 1 rings (SSSR count). The summed E-state index contributed by atoms with van der Waals surface area (Å²) in [5, 5.41) is 6.04. The summed E-state index contributed by atoms with van der Waals surface area (Å²) >= 11 is 0. The topological polar surface area (TPSA) is 47.6 Å². The molecule has 1 aliphatic heterocycles. The third kappa shape index (κ3) is 6.09. The van der Waals surface area contributed by atoms with Crippen molar-refractivity contribution in [3.8, 4) is 0 Å². The zero-order valence-electron chi connectivity index (χ0n) is 13.8. The number of nitrogens with zero attached hydrogens (tertiary/aromatic N) is 2. The maximum absolute atomic E-state index is 11.9. The van der Waals surface area contributed by atoms with Gasteiger partial charge in [-0.3, -0.25) is 4.90 Å². The minimum Gasteiger partial charge on any atom is -0.337 e. The molecular formula is C15H32N4O. The SMILES string of the molecule is CC[C@H](C)C[C@@H](C)NC(=O)NC[C@H]1CN(C)CCN1C. The smallest absolute Gasteiger partial charge is 0.315 e. The van der Waals surface area contributed by atoms with Crippen LogP contribution >= 0.6 is 0 Å². The van der Waals surface area contributed by atoms with Gasteiger partial charge in [-0.15, -0.1) is 0 Å². The van der Waals surface area contributed by atoms with Gasteiger partial charge in [0.15, 0.2) is 0 Å². The molecule has 0 unspecified atom stereocenters. The number of hydrogen-bond acceptors (Lipinski definition) is 3. The fourth-order valence-corrected chi connectivity index (χ4v) is 2.64. The third-order valence-corrected chi connectivity index (χ3v) is 4.31. The first kappa shape index (κ1) is 17.2. The summed E-state index contributed by atoms with van der Waals surface area (Å²) in [5.41, 5.74) is 0. The predicted molar refractivity (Wildman–Crippen MR) is 84.0 cm³/mol. The van der Waals surface area contributed by atoms with Crippen molar-refractivity contribution in [2.75, 3.05) is 40.3 Å². The van der Waals surface area contributed by atoms with E-state index in [1.54, 1.807) is 0 Å². The van der Waals surface area contributed by atoms with E-state index < -0.39 is 0 Å². The molecule has 3 atom stereocenters. The summed E-state index contributed by atoms with van der Waals surface area (Å²) in [6.45, 7) is 10.4. The van der Waals surface area contributed by atoms with Crippen LogP contribution in [0.4, 0.5) is 4.79 Å². The second-order valence-electron chi connectivity index (χ2n) is 6.40. The van der Waals surface area contributed by atoms with Crippen LogP contribution < -0.4 is 10.6 Å². The van der Waals surface area contributed by atoms with E-state index in [4.69, 9.17) is 0 Å². The van der Waals surface area contributed by atoms with Gasteiger partial charge < -0.3 is 15.5 Å². The highest BCUT2D eigenvalue weighted by Crippen LogP contribution is 2.09. The van der Waals surface area contributed by atoms with E-state index in [0.29, 0.717) is 18.5 Å². The van der Waals surface area contributed by atoms with Crippen LogP contribution in [-0.4, -0.2) is 68.2 Å². The van der Waals surface area contributed by atoms with Gasteiger partial charge in [-0.05, 0) is 33.4 Å². The van der Waals surface area contributed by atoms with Crippen LogP contribution in [0.25, 0.3) is 0 Å². The average molecular weight is 284 g/mol. The van der Waals surface area contributed by atoms with Crippen LogP contribution in [0.1, 0.15) is 33.6 Å². The lowest BCUT2D eigenvalue weighted by atomic mass is 10.0. The number of rotatable bonds is 6. The Balaban J connectivity index is 2.25. The standard InChI is InChI=1S/C15H32N4O/c1-6-12(2)9-13(3)17-15(20)16-10-14-11-18(4)7-8-19(14)5/h12-14H,6-11H2,1-5H3,(H2,16,17,20)/t12-,13+,14-/m0/s1.